The molecule has 0 aliphatic carbocycles. The van der Waals surface area contributed by atoms with Gasteiger partial charge in [0.15, 0.2) is 0 Å². The van der Waals surface area contributed by atoms with Crippen LogP contribution < -0.4 is 0 Å². The Balaban J connectivity index is 1.86. The normalized spacial score (nSPS) is 23.8. The van der Waals surface area contributed by atoms with Gasteiger partial charge in [-0.25, -0.2) is 16.8 Å². The summed E-state index contributed by atoms with van der Waals surface area (Å²) in [4.78, 5) is 0.340. The molecule has 0 amide bonds. The van der Waals surface area contributed by atoms with Crippen molar-refractivity contribution >= 4 is 20.0 Å². The van der Waals surface area contributed by atoms with E-state index in [1.54, 1.807) is 4.31 Å². The minimum Gasteiger partial charge on any atom is -0.207 e. The van der Waals surface area contributed by atoms with Gasteiger partial charge in [-0.2, -0.15) is 8.61 Å². The van der Waals surface area contributed by atoms with Gasteiger partial charge in [-0.1, -0.05) is 13.3 Å². The van der Waals surface area contributed by atoms with E-state index in [9.17, 15) is 16.8 Å². The molecule has 1 aromatic carbocycles. The lowest BCUT2D eigenvalue weighted by molar-refractivity contribution is 0.246. The summed E-state index contributed by atoms with van der Waals surface area (Å²) in [6, 6.07) is 5.74. The molecular formula is C17H26N2O4S2. The third kappa shape index (κ3) is 3.63. The van der Waals surface area contributed by atoms with E-state index in [4.69, 9.17) is 0 Å². The summed E-state index contributed by atoms with van der Waals surface area (Å²) < 4.78 is 54.1. The first kappa shape index (κ1) is 18.8. The molecule has 2 fully saturated rings. The summed E-state index contributed by atoms with van der Waals surface area (Å²) in [5.41, 5.74) is 0. The summed E-state index contributed by atoms with van der Waals surface area (Å²) in [5.74, 6) is 0. The average molecular weight is 387 g/mol. The molecule has 2 aliphatic rings. The lowest BCUT2D eigenvalue weighted by Crippen LogP contribution is -2.43. The first-order valence-corrected chi connectivity index (χ1v) is 11.9. The van der Waals surface area contributed by atoms with Gasteiger partial charge in [0.05, 0.1) is 9.79 Å². The van der Waals surface area contributed by atoms with E-state index in [0.717, 1.165) is 38.5 Å². The van der Waals surface area contributed by atoms with E-state index < -0.39 is 20.0 Å². The standard InChI is InChI=1S/C17H26N2O4S2/c1-2-15-7-3-4-14-19(15)25(22,23)17-10-8-16(9-11-17)24(20,21)18-12-5-6-13-18/h8-11,15H,2-7,12-14H2,1H3/t15-/m0/s1. The molecule has 0 N–H and O–H groups in total. The molecule has 0 radical (unpaired) electrons. The molecular weight excluding hydrogens is 360 g/mol. The fraction of sp³-hybridized carbons (Fsp3) is 0.647. The van der Waals surface area contributed by atoms with Crippen LogP contribution in [0.5, 0.6) is 0 Å². The summed E-state index contributed by atoms with van der Waals surface area (Å²) >= 11 is 0. The fourth-order valence-electron chi connectivity index (χ4n) is 3.69. The van der Waals surface area contributed by atoms with Crippen molar-refractivity contribution in [2.24, 2.45) is 0 Å². The number of nitrogens with zero attached hydrogens (tertiary/aromatic N) is 2. The Bertz CT molecular complexity index is 798. The number of hydrogen-bond donors (Lipinski definition) is 0. The molecule has 1 aromatic rings. The van der Waals surface area contributed by atoms with Gasteiger partial charge in [-0.3, -0.25) is 0 Å². The lowest BCUT2D eigenvalue weighted by Gasteiger charge is -2.34. The number of rotatable bonds is 5. The van der Waals surface area contributed by atoms with Gasteiger partial charge >= 0.3 is 0 Å². The number of hydrogen-bond acceptors (Lipinski definition) is 4. The highest BCUT2D eigenvalue weighted by Crippen LogP contribution is 2.28. The smallest absolute Gasteiger partial charge is 0.207 e. The van der Waals surface area contributed by atoms with Crippen LogP contribution in [-0.4, -0.2) is 51.1 Å². The van der Waals surface area contributed by atoms with Gasteiger partial charge in [0.25, 0.3) is 0 Å². The van der Waals surface area contributed by atoms with Crippen LogP contribution in [0.2, 0.25) is 0 Å². The van der Waals surface area contributed by atoms with Crippen LogP contribution in [0.1, 0.15) is 45.4 Å². The van der Waals surface area contributed by atoms with Gasteiger partial charge in [0, 0.05) is 25.7 Å². The number of sulfonamides is 2. The van der Waals surface area contributed by atoms with Crippen LogP contribution in [0, 0.1) is 0 Å². The summed E-state index contributed by atoms with van der Waals surface area (Å²) in [7, 11) is -7.10. The van der Waals surface area contributed by atoms with E-state index in [1.165, 1.54) is 28.6 Å². The minimum absolute atomic E-state index is 0.0340. The number of benzene rings is 1. The highest BCUT2D eigenvalue weighted by molar-refractivity contribution is 7.89. The van der Waals surface area contributed by atoms with Gasteiger partial charge in [0.2, 0.25) is 20.0 Å². The maximum absolute atomic E-state index is 12.9. The molecule has 8 heteroatoms. The van der Waals surface area contributed by atoms with Crippen molar-refractivity contribution in [2.45, 2.75) is 61.3 Å². The van der Waals surface area contributed by atoms with Crippen molar-refractivity contribution in [2.75, 3.05) is 19.6 Å². The van der Waals surface area contributed by atoms with Crippen molar-refractivity contribution in [3.05, 3.63) is 24.3 Å². The Morgan fingerprint density at radius 1 is 0.840 bits per heavy atom. The predicted molar refractivity (Wildman–Crippen MR) is 96.3 cm³/mol. The predicted octanol–water partition coefficient (Wildman–Crippen LogP) is 2.42. The second-order valence-electron chi connectivity index (χ2n) is 6.76. The second kappa shape index (κ2) is 7.34. The first-order valence-electron chi connectivity index (χ1n) is 8.99. The molecule has 2 aliphatic heterocycles. The Hall–Kier alpha value is -0.960. The quantitative estimate of drug-likeness (QED) is 0.779. The maximum Gasteiger partial charge on any atom is 0.243 e. The van der Waals surface area contributed by atoms with Crippen molar-refractivity contribution < 1.29 is 16.8 Å². The van der Waals surface area contributed by atoms with E-state index in [1.807, 2.05) is 6.92 Å². The molecule has 3 rings (SSSR count). The molecule has 0 aromatic heterocycles. The summed E-state index contributed by atoms with van der Waals surface area (Å²) in [6.45, 7) is 3.61. The molecule has 0 spiro atoms. The van der Waals surface area contributed by atoms with Gasteiger partial charge in [0.1, 0.15) is 0 Å². The van der Waals surface area contributed by atoms with E-state index in [0.29, 0.717) is 19.6 Å². The third-order valence-electron chi connectivity index (χ3n) is 5.18. The van der Waals surface area contributed by atoms with Gasteiger partial charge in [-0.05, 0) is 56.4 Å². The van der Waals surface area contributed by atoms with Crippen molar-refractivity contribution in [3.8, 4) is 0 Å². The first-order chi connectivity index (χ1) is 11.9. The Morgan fingerprint density at radius 2 is 1.36 bits per heavy atom. The summed E-state index contributed by atoms with van der Waals surface area (Å²) in [5, 5.41) is 0. The van der Waals surface area contributed by atoms with Crippen molar-refractivity contribution in [1.29, 1.82) is 0 Å². The van der Waals surface area contributed by atoms with Crippen LogP contribution in [0.3, 0.4) is 0 Å². The molecule has 0 saturated carbocycles. The van der Waals surface area contributed by atoms with Crippen molar-refractivity contribution in [1.82, 2.24) is 8.61 Å². The minimum atomic E-state index is -3.58. The topological polar surface area (TPSA) is 74.8 Å². The average Bonchev–Trinajstić information content (AvgIpc) is 3.17. The molecule has 0 unspecified atom stereocenters. The third-order valence-corrected chi connectivity index (χ3v) is 9.06. The molecule has 0 bridgehead atoms. The SMILES string of the molecule is CC[C@H]1CCCCN1S(=O)(=O)c1ccc(S(=O)(=O)N2CCCC2)cc1. The van der Waals surface area contributed by atoms with Gasteiger partial charge in [-0.15, -0.1) is 0 Å². The highest BCUT2D eigenvalue weighted by atomic mass is 32.2. The number of piperidine rings is 1. The van der Waals surface area contributed by atoms with Crippen LogP contribution in [-0.2, 0) is 20.0 Å². The second-order valence-corrected chi connectivity index (χ2v) is 10.6. The van der Waals surface area contributed by atoms with Crippen molar-refractivity contribution in [3.63, 3.8) is 0 Å². The van der Waals surface area contributed by atoms with Crippen LogP contribution in [0.15, 0.2) is 34.1 Å². The van der Waals surface area contributed by atoms with Crippen LogP contribution in [0.4, 0.5) is 0 Å². The zero-order valence-electron chi connectivity index (χ0n) is 14.6. The zero-order chi connectivity index (χ0) is 18.1. The fourth-order valence-corrected chi connectivity index (χ4v) is 6.98. The molecule has 1 atom stereocenters. The van der Waals surface area contributed by atoms with E-state index >= 15 is 0 Å². The van der Waals surface area contributed by atoms with E-state index in [2.05, 4.69) is 0 Å². The Morgan fingerprint density at radius 3 is 1.92 bits per heavy atom. The van der Waals surface area contributed by atoms with Crippen LogP contribution >= 0.6 is 0 Å². The lowest BCUT2D eigenvalue weighted by atomic mass is 10.0. The molecule has 2 saturated heterocycles. The molecule has 140 valence electrons. The Labute approximate surface area is 150 Å². The monoisotopic (exact) mass is 386 g/mol. The molecule has 2 heterocycles. The molecule has 25 heavy (non-hydrogen) atoms. The maximum atomic E-state index is 12.9. The molecule has 6 nitrogen and oxygen atoms in total. The van der Waals surface area contributed by atoms with E-state index in [-0.39, 0.29) is 15.8 Å². The van der Waals surface area contributed by atoms with Gasteiger partial charge < -0.3 is 0 Å². The van der Waals surface area contributed by atoms with Crippen LogP contribution in [0.25, 0.3) is 0 Å². The zero-order valence-corrected chi connectivity index (χ0v) is 16.2. The highest BCUT2D eigenvalue weighted by Gasteiger charge is 2.33. The largest absolute Gasteiger partial charge is 0.243 e. The summed E-state index contributed by atoms with van der Waals surface area (Å²) in [6.07, 6.45) is 5.35. The Kier molecular flexibility index (Phi) is 5.53.